The maximum absolute atomic E-state index is 12.0. The lowest BCUT2D eigenvalue weighted by molar-refractivity contribution is -0.122. The zero-order chi connectivity index (χ0) is 16.9. The van der Waals surface area contributed by atoms with E-state index in [-0.39, 0.29) is 17.6 Å². The fraction of sp³-hybridized carbons (Fsp3) is 0.533. The fourth-order valence-corrected chi connectivity index (χ4v) is 2.84. The fourth-order valence-electron chi connectivity index (χ4n) is 2.04. The summed E-state index contributed by atoms with van der Waals surface area (Å²) < 4.78 is 4.61. The van der Waals surface area contributed by atoms with E-state index in [2.05, 4.69) is 31.2 Å². The molecule has 0 aromatic carbocycles. The van der Waals surface area contributed by atoms with Gasteiger partial charge in [-0.25, -0.2) is 9.78 Å². The number of aromatic nitrogens is 1. The molecule has 1 N–H and O–H groups in total. The van der Waals surface area contributed by atoms with Crippen molar-refractivity contribution in [1.82, 2.24) is 10.3 Å². The smallest absolute Gasteiger partial charge is 0.357 e. The van der Waals surface area contributed by atoms with Crippen LogP contribution in [0.3, 0.4) is 0 Å². The molecule has 0 aliphatic carbocycles. The van der Waals surface area contributed by atoms with Gasteiger partial charge in [0.15, 0.2) is 11.4 Å². The van der Waals surface area contributed by atoms with Crippen LogP contribution in [0.1, 0.15) is 54.1 Å². The Morgan fingerprint density at radius 1 is 1.48 bits per heavy atom. The van der Waals surface area contributed by atoms with Crippen LogP contribution in [0, 0.1) is 12.3 Å². The van der Waals surface area contributed by atoms with E-state index in [1.165, 1.54) is 18.4 Å². The first-order valence-corrected chi connectivity index (χ1v) is 8.08. The third-order valence-electron chi connectivity index (χ3n) is 3.47. The summed E-state index contributed by atoms with van der Waals surface area (Å²) in [5.41, 5.74) is -0.205. The summed E-state index contributed by atoms with van der Waals surface area (Å²) in [7, 11) is 1.30. The number of nitrogens with one attached hydrogen (secondary N) is 1. The van der Waals surface area contributed by atoms with Crippen LogP contribution >= 0.6 is 11.3 Å². The van der Waals surface area contributed by atoms with Gasteiger partial charge in [-0.2, -0.15) is 10.2 Å². The van der Waals surface area contributed by atoms with Crippen LogP contribution < -0.4 is 5.32 Å². The van der Waals surface area contributed by atoms with Crippen molar-refractivity contribution in [1.29, 1.82) is 0 Å². The number of amides is 1. The first kappa shape index (κ1) is 17.1. The molecule has 1 atom stereocenters. The van der Waals surface area contributed by atoms with E-state index in [4.69, 9.17) is 6.42 Å². The SMILES string of the molecule is C#CCCC1(CCC(=O)NC(C)c2nc(C(=O)OC)cs2)N=N1. The van der Waals surface area contributed by atoms with Gasteiger partial charge in [-0.3, -0.25) is 4.79 Å². The molecule has 0 radical (unpaired) electrons. The molecule has 0 fully saturated rings. The number of terminal acetylenes is 1. The lowest BCUT2D eigenvalue weighted by Gasteiger charge is -2.12. The van der Waals surface area contributed by atoms with Crippen LogP contribution in [-0.2, 0) is 9.53 Å². The van der Waals surface area contributed by atoms with Gasteiger partial charge in [0, 0.05) is 31.1 Å². The van der Waals surface area contributed by atoms with Crippen LogP contribution in [-0.4, -0.2) is 29.6 Å². The minimum absolute atomic E-state index is 0.107. The molecule has 1 aliphatic rings. The number of hydrogen-bond acceptors (Lipinski definition) is 7. The number of rotatable bonds is 8. The molecule has 122 valence electrons. The highest BCUT2D eigenvalue weighted by molar-refractivity contribution is 7.09. The average Bonchev–Trinajstić information content (AvgIpc) is 3.14. The number of hydrogen-bond donors (Lipinski definition) is 1. The summed E-state index contributed by atoms with van der Waals surface area (Å²) in [6, 6.07) is -0.277. The molecule has 23 heavy (non-hydrogen) atoms. The van der Waals surface area contributed by atoms with Crippen LogP contribution in [0.4, 0.5) is 0 Å². The maximum Gasteiger partial charge on any atom is 0.357 e. The molecule has 1 amide bonds. The number of carbonyl (C=O) groups excluding carboxylic acids is 2. The van der Waals surface area contributed by atoms with Crippen LogP contribution in [0.5, 0.6) is 0 Å². The van der Waals surface area contributed by atoms with Crippen molar-refractivity contribution in [2.75, 3.05) is 7.11 Å². The molecule has 2 heterocycles. The lowest BCUT2D eigenvalue weighted by Crippen LogP contribution is -2.28. The third kappa shape index (κ3) is 4.60. The second kappa shape index (κ2) is 7.33. The number of ether oxygens (including phenoxy) is 1. The highest BCUT2D eigenvalue weighted by Crippen LogP contribution is 2.37. The summed E-state index contributed by atoms with van der Waals surface area (Å²) in [6.45, 7) is 1.82. The monoisotopic (exact) mass is 334 g/mol. The van der Waals surface area contributed by atoms with Gasteiger partial charge in [0.2, 0.25) is 5.91 Å². The van der Waals surface area contributed by atoms with Gasteiger partial charge in [-0.05, 0) is 6.92 Å². The van der Waals surface area contributed by atoms with E-state index < -0.39 is 11.6 Å². The topological polar surface area (TPSA) is 93.0 Å². The highest BCUT2D eigenvalue weighted by Gasteiger charge is 2.39. The van der Waals surface area contributed by atoms with Gasteiger partial charge >= 0.3 is 5.97 Å². The molecule has 0 saturated carbocycles. The van der Waals surface area contributed by atoms with Gasteiger partial charge in [-0.1, -0.05) is 0 Å². The Kier molecular flexibility index (Phi) is 5.45. The Hall–Kier alpha value is -2.27. The quantitative estimate of drug-likeness (QED) is 0.584. The number of nitrogens with zero attached hydrogens (tertiary/aromatic N) is 3. The molecule has 0 spiro atoms. The zero-order valence-corrected chi connectivity index (χ0v) is 13.9. The van der Waals surface area contributed by atoms with Gasteiger partial charge < -0.3 is 10.1 Å². The Balaban J connectivity index is 1.80. The Morgan fingerprint density at radius 3 is 2.83 bits per heavy atom. The minimum Gasteiger partial charge on any atom is -0.464 e. The van der Waals surface area contributed by atoms with Crippen molar-refractivity contribution in [2.24, 2.45) is 10.2 Å². The van der Waals surface area contributed by atoms with E-state index in [0.717, 1.165) is 0 Å². The van der Waals surface area contributed by atoms with E-state index >= 15 is 0 Å². The zero-order valence-electron chi connectivity index (χ0n) is 13.0. The van der Waals surface area contributed by atoms with Crippen molar-refractivity contribution in [2.45, 2.75) is 44.3 Å². The number of thiazole rings is 1. The average molecular weight is 334 g/mol. The van der Waals surface area contributed by atoms with Gasteiger partial charge in [-0.15, -0.1) is 23.7 Å². The summed E-state index contributed by atoms with van der Waals surface area (Å²) in [4.78, 5) is 27.6. The van der Waals surface area contributed by atoms with Crippen LogP contribution in [0.15, 0.2) is 15.6 Å². The number of carbonyl (C=O) groups is 2. The first-order chi connectivity index (χ1) is 11.0. The maximum atomic E-state index is 12.0. The van der Waals surface area contributed by atoms with Crippen molar-refractivity contribution < 1.29 is 14.3 Å². The Labute approximate surface area is 138 Å². The van der Waals surface area contributed by atoms with Crippen molar-refractivity contribution in [3.05, 3.63) is 16.1 Å². The molecule has 2 rings (SSSR count). The normalized spacial score (nSPS) is 15.5. The molecular weight excluding hydrogens is 316 g/mol. The highest BCUT2D eigenvalue weighted by atomic mass is 32.1. The lowest BCUT2D eigenvalue weighted by atomic mass is 10.0. The largest absolute Gasteiger partial charge is 0.464 e. The summed E-state index contributed by atoms with van der Waals surface area (Å²) >= 11 is 1.30. The molecule has 1 aliphatic heterocycles. The van der Waals surface area contributed by atoms with E-state index in [0.29, 0.717) is 30.7 Å². The van der Waals surface area contributed by atoms with Gasteiger partial charge in [0.25, 0.3) is 0 Å². The molecule has 1 aromatic rings. The minimum atomic E-state index is -0.488. The van der Waals surface area contributed by atoms with Crippen LogP contribution in [0.2, 0.25) is 0 Å². The molecular formula is C15H18N4O3S. The van der Waals surface area contributed by atoms with Crippen molar-refractivity contribution >= 4 is 23.2 Å². The second-order valence-corrected chi connectivity index (χ2v) is 6.13. The summed E-state index contributed by atoms with van der Waals surface area (Å²) in [6.07, 6.45) is 7.38. The third-order valence-corrected chi connectivity index (χ3v) is 4.50. The van der Waals surface area contributed by atoms with Gasteiger partial charge in [0.1, 0.15) is 5.01 Å². The van der Waals surface area contributed by atoms with Crippen molar-refractivity contribution in [3.63, 3.8) is 0 Å². The predicted molar refractivity (Wildman–Crippen MR) is 84.9 cm³/mol. The van der Waals surface area contributed by atoms with Crippen LogP contribution in [0.25, 0.3) is 0 Å². The first-order valence-electron chi connectivity index (χ1n) is 7.20. The molecule has 8 heteroatoms. The second-order valence-electron chi connectivity index (χ2n) is 5.24. The van der Waals surface area contributed by atoms with E-state index in [1.807, 2.05) is 6.92 Å². The number of esters is 1. The molecule has 0 bridgehead atoms. The molecule has 1 unspecified atom stereocenters. The van der Waals surface area contributed by atoms with E-state index in [9.17, 15) is 9.59 Å². The molecule has 1 aromatic heterocycles. The molecule has 0 saturated heterocycles. The molecule has 7 nitrogen and oxygen atoms in total. The standard InChI is InChI=1S/C15H18N4O3S/c1-4-5-7-15(18-19-15)8-6-12(20)16-10(2)13-17-11(9-23-13)14(21)22-3/h1,9-10H,5-8H2,2-3H3,(H,16,20). The Morgan fingerprint density at radius 2 is 2.22 bits per heavy atom. The van der Waals surface area contributed by atoms with Gasteiger partial charge in [0.05, 0.1) is 13.2 Å². The summed E-state index contributed by atoms with van der Waals surface area (Å²) in [5.74, 6) is 1.96. The predicted octanol–water partition coefficient (Wildman–Crippen LogP) is 2.46. The number of methoxy groups -OCH3 is 1. The Bertz CT molecular complexity index is 656. The summed E-state index contributed by atoms with van der Waals surface area (Å²) in [5, 5.41) is 13.1. The van der Waals surface area contributed by atoms with Crippen molar-refractivity contribution in [3.8, 4) is 12.3 Å². The van der Waals surface area contributed by atoms with E-state index in [1.54, 1.807) is 5.38 Å².